The second-order valence-corrected chi connectivity index (χ2v) is 5.19. The van der Waals surface area contributed by atoms with Crippen molar-refractivity contribution in [2.45, 2.75) is 13.1 Å². The van der Waals surface area contributed by atoms with E-state index in [0.29, 0.717) is 5.56 Å². The van der Waals surface area contributed by atoms with Gasteiger partial charge in [-0.25, -0.2) is 0 Å². The molecule has 0 N–H and O–H groups in total. The van der Waals surface area contributed by atoms with Crippen LogP contribution in [0.2, 0.25) is 0 Å². The molecule has 94 valence electrons. The van der Waals surface area contributed by atoms with Crippen LogP contribution in [0.15, 0.2) is 42.5 Å². The van der Waals surface area contributed by atoms with E-state index in [1.165, 1.54) is 12.1 Å². The monoisotopic (exact) mass is 362 g/mol. The Kier molecular flexibility index (Phi) is 3.66. The molecule has 2 aromatic rings. The lowest BCUT2D eigenvalue weighted by molar-refractivity contribution is -0.137. The number of hydrogen-bond donors (Lipinski definition) is 0. The van der Waals surface area contributed by atoms with Crippen LogP contribution < -0.4 is 0 Å². The Hall–Kier alpha value is -1.04. The van der Waals surface area contributed by atoms with Gasteiger partial charge in [0.15, 0.2) is 0 Å². The summed E-state index contributed by atoms with van der Waals surface area (Å²) in [6.45, 7) is 1.87. The van der Waals surface area contributed by atoms with Gasteiger partial charge in [0, 0.05) is 3.57 Å². The molecule has 0 radical (unpaired) electrons. The van der Waals surface area contributed by atoms with Crippen molar-refractivity contribution in [1.29, 1.82) is 0 Å². The third-order valence-corrected chi connectivity index (χ3v) is 3.59. The normalized spacial score (nSPS) is 11.6. The van der Waals surface area contributed by atoms with Crippen LogP contribution in [0.5, 0.6) is 0 Å². The predicted molar refractivity (Wildman–Crippen MR) is 74.3 cm³/mol. The van der Waals surface area contributed by atoms with Gasteiger partial charge < -0.3 is 0 Å². The minimum atomic E-state index is -4.33. The van der Waals surface area contributed by atoms with Crippen LogP contribution in [0.25, 0.3) is 11.1 Å². The molecular formula is C14H10F3I. The Morgan fingerprint density at radius 3 is 2.28 bits per heavy atom. The Balaban J connectivity index is 2.68. The van der Waals surface area contributed by atoms with Crippen LogP contribution in [0, 0.1) is 10.5 Å². The summed E-state index contributed by atoms with van der Waals surface area (Å²) >= 11 is 2.06. The van der Waals surface area contributed by atoms with Gasteiger partial charge in [0.25, 0.3) is 0 Å². The van der Waals surface area contributed by atoms with Crippen molar-refractivity contribution in [2.24, 2.45) is 0 Å². The van der Waals surface area contributed by atoms with Crippen molar-refractivity contribution in [3.63, 3.8) is 0 Å². The predicted octanol–water partition coefficient (Wildman–Crippen LogP) is 5.29. The molecule has 0 bridgehead atoms. The van der Waals surface area contributed by atoms with Crippen LogP contribution >= 0.6 is 22.6 Å². The smallest absolute Gasteiger partial charge is 0.166 e. The zero-order chi connectivity index (χ0) is 13.3. The fourth-order valence-electron chi connectivity index (χ4n) is 1.81. The Morgan fingerprint density at radius 1 is 0.944 bits per heavy atom. The first-order chi connectivity index (χ1) is 8.39. The summed E-state index contributed by atoms with van der Waals surface area (Å²) < 4.78 is 39.7. The second kappa shape index (κ2) is 4.91. The van der Waals surface area contributed by atoms with E-state index in [4.69, 9.17) is 0 Å². The standard InChI is InChI=1S/C14H10F3I/c1-9-6-7-13(18)11(8-9)10-4-2-3-5-12(10)14(15,16)17/h2-8H,1H3. The lowest BCUT2D eigenvalue weighted by Crippen LogP contribution is -2.07. The van der Waals surface area contributed by atoms with Crippen molar-refractivity contribution in [3.05, 3.63) is 57.2 Å². The molecular weight excluding hydrogens is 352 g/mol. The first-order valence-electron chi connectivity index (χ1n) is 5.32. The van der Waals surface area contributed by atoms with E-state index in [0.717, 1.165) is 15.2 Å². The van der Waals surface area contributed by atoms with Gasteiger partial charge in [0.05, 0.1) is 5.56 Å². The Morgan fingerprint density at radius 2 is 1.61 bits per heavy atom. The maximum Gasteiger partial charge on any atom is 0.417 e. The number of halogens is 4. The van der Waals surface area contributed by atoms with Crippen molar-refractivity contribution < 1.29 is 13.2 Å². The molecule has 2 rings (SSSR count). The lowest BCUT2D eigenvalue weighted by Gasteiger charge is -2.14. The van der Waals surface area contributed by atoms with E-state index >= 15 is 0 Å². The zero-order valence-corrected chi connectivity index (χ0v) is 11.7. The summed E-state index contributed by atoms with van der Waals surface area (Å²) in [4.78, 5) is 0. The van der Waals surface area contributed by atoms with Gasteiger partial charge in [-0.2, -0.15) is 13.2 Å². The molecule has 0 aliphatic heterocycles. The van der Waals surface area contributed by atoms with E-state index in [-0.39, 0.29) is 5.56 Å². The van der Waals surface area contributed by atoms with Gasteiger partial charge in [-0.15, -0.1) is 0 Å². The van der Waals surface area contributed by atoms with E-state index in [2.05, 4.69) is 22.6 Å². The minimum absolute atomic E-state index is 0.234. The summed E-state index contributed by atoms with van der Waals surface area (Å²) in [7, 11) is 0. The molecule has 4 heteroatoms. The van der Waals surface area contributed by atoms with E-state index in [1.54, 1.807) is 12.1 Å². The van der Waals surface area contributed by atoms with Crippen molar-refractivity contribution in [3.8, 4) is 11.1 Å². The third kappa shape index (κ3) is 2.68. The molecule has 0 heterocycles. The molecule has 0 unspecified atom stereocenters. The minimum Gasteiger partial charge on any atom is -0.166 e. The Bertz CT molecular complexity index is 573. The molecule has 18 heavy (non-hydrogen) atoms. The van der Waals surface area contributed by atoms with Crippen molar-refractivity contribution in [1.82, 2.24) is 0 Å². The molecule has 0 aliphatic carbocycles. The fourth-order valence-corrected chi connectivity index (χ4v) is 2.44. The molecule has 0 spiro atoms. The summed E-state index contributed by atoms with van der Waals surface area (Å²) in [5, 5.41) is 0. The average Bonchev–Trinajstić information content (AvgIpc) is 2.31. The van der Waals surface area contributed by atoms with Crippen molar-refractivity contribution in [2.75, 3.05) is 0 Å². The van der Waals surface area contributed by atoms with Crippen LogP contribution in [0.4, 0.5) is 13.2 Å². The van der Waals surface area contributed by atoms with Gasteiger partial charge in [-0.05, 0) is 52.8 Å². The molecule has 0 atom stereocenters. The number of hydrogen-bond acceptors (Lipinski definition) is 0. The summed E-state index contributed by atoms with van der Waals surface area (Å²) in [5.74, 6) is 0. The third-order valence-electron chi connectivity index (χ3n) is 2.64. The molecule has 2 aromatic carbocycles. The van der Waals surface area contributed by atoms with E-state index in [1.807, 2.05) is 19.1 Å². The largest absolute Gasteiger partial charge is 0.417 e. The quantitative estimate of drug-likeness (QED) is 0.605. The van der Waals surface area contributed by atoms with Gasteiger partial charge in [0.2, 0.25) is 0 Å². The highest BCUT2D eigenvalue weighted by atomic mass is 127. The van der Waals surface area contributed by atoms with Crippen LogP contribution in [0.3, 0.4) is 0 Å². The van der Waals surface area contributed by atoms with Gasteiger partial charge >= 0.3 is 6.18 Å². The fraction of sp³-hybridized carbons (Fsp3) is 0.143. The molecule has 0 aromatic heterocycles. The number of benzene rings is 2. The molecule has 0 nitrogen and oxygen atoms in total. The number of aryl methyl sites for hydroxylation is 1. The van der Waals surface area contributed by atoms with E-state index in [9.17, 15) is 13.2 Å². The topological polar surface area (TPSA) is 0 Å². The van der Waals surface area contributed by atoms with Crippen LogP contribution in [0.1, 0.15) is 11.1 Å². The first-order valence-corrected chi connectivity index (χ1v) is 6.40. The van der Waals surface area contributed by atoms with Crippen molar-refractivity contribution >= 4 is 22.6 Å². The molecule has 0 saturated heterocycles. The van der Waals surface area contributed by atoms with Gasteiger partial charge in [-0.1, -0.05) is 35.9 Å². The van der Waals surface area contributed by atoms with E-state index < -0.39 is 11.7 Å². The zero-order valence-electron chi connectivity index (χ0n) is 9.55. The SMILES string of the molecule is Cc1ccc(I)c(-c2ccccc2C(F)(F)F)c1. The maximum absolute atomic E-state index is 13.0. The second-order valence-electron chi connectivity index (χ2n) is 4.03. The van der Waals surface area contributed by atoms with Crippen LogP contribution in [-0.2, 0) is 6.18 Å². The molecule has 0 saturated carbocycles. The molecule has 0 fully saturated rings. The highest BCUT2D eigenvalue weighted by Gasteiger charge is 2.33. The number of alkyl halides is 3. The Labute approximate surface area is 117 Å². The number of rotatable bonds is 1. The average molecular weight is 362 g/mol. The summed E-state index contributed by atoms with van der Waals surface area (Å²) in [6.07, 6.45) is -4.33. The summed E-state index contributed by atoms with van der Waals surface area (Å²) in [6, 6.07) is 11.2. The summed E-state index contributed by atoms with van der Waals surface area (Å²) in [5.41, 5.74) is 1.22. The molecule has 0 amide bonds. The van der Waals surface area contributed by atoms with Gasteiger partial charge in [-0.3, -0.25) is 0 Å². The molecule has 0 aliphatic rings. The maximum atomic E-state index is 13.0. The lowest BCUT2D eigenvalue weighted by atomic mass is 9.98. The van der Waals surface area contributed by atoms with Crippen LogP contribution in [-0.4, -0.2) is 0 Å². The highest BCUT2D eigenvalue weighted by molar-refractivity contribution is 14.1. The first kappa shape index (κ1) is 13.4. The highest BCUT2D eigenvalue weighted by Crippen LogP contribution is 2.38. The van der Waals surface area contributed by atoms with Gasteiger partial charge in [0.1, 0.15) is 0 Å².